The zero-order chi connectivity index (χ0) is 21.0. The Bertz CT molecular complexity index is 1110. The van der Waals surface area contributed by atoms with Crippen molar-refractivity contribution in [2.75, 3.05) is 6.61 Å². The van der Waals surface area contributed by atoms with E-state index in [4.69, 9.17) is 9.47 Å². The lowest BCUT2D eigenvalue weighted by Crippen LogP contribution is -2.11. The second-order valence-electron chi connectivity index (χ2n) is 6.06. The fraction of sp³-hybridized carbons (Fsp3) is 0.200. The summed E-state index contributed by atoms with van der Waals surface area (Å²) >= 11 is 0. The van der Waals surface area contributed by atoms with E-state index in [1.165, 1.54) is 6.07 Å². The number of para-hydroxylation sites is 1. The van der Waals surface area contributed by atoms with Crippen LogP contribution in [0.4, 0.5) is 5.69 Å². The molecular weight excluding hydrogens is 378 g/mol. The Kier molecular flexibility index (Phi) is 5.77. The number of ether oxygens (including phenoxy) is 2. The van der Waals surface area contributed by atoms with Gasteiger partial charge in [-0.15, -0.1) is 0 Å². The van der Waals surface area contributed by atoms with Crippen LogP contribution >= 0.6 is 0 Å². The first-order valence-electron chi connectivity index (χ1n) is 8.75. The maximum absolute atomic E-state index is 12.4. The van der Waals surface area contributed by atoms with Crippen molar-refractivity contribution in [1.82, 2.24) is 9.97 Å². The van der Waals surface area contributed by atoms with E-state index in [9.17, 15) is 19.7 Å². The smallest absolute Gasteiger partial charge is 0.338 e. The van der Waals surface area contributed by atoms with Crippen LogP contribution in [0.3, 0.4) is 0 Å². The van der Waals surface area contributed by atoms with Gasteiger partial charge >= 0.3 is 11.9 Å². The highest BCUT2D eigenvalue weighted by Gasteiger charge is 2.20. The number of nitro benzene ring substituents is 1. The van der Waals surface area contributed by atoms with E-state index in [2.05, 4.69) is 9.97 Å². The normalized spacial score (nSPS) is 10.6. The van der Waals surface area contributed by atoms with E-state index in [0.29, 0.717) is 11.3 Å². The van der Waals surface area contributed by atoms with Gasteiger partial charge in [0.1, 0.15) is 0 Å². The molecule has 1 aromatic heterocycles. The Balaban J connectivity index is 1.83. The number of carbonyl (C=O) groups excluding carboxylic acids is 2. The highest BCUT2D eigenvalue weighted by molar-refractivity contribution is 5.96. The molecule has 0 bridgehead atoms. The summed E-state index contributed by atoms with van der Waals surface area (Å²) in [6, 6.07) is 10.7. The third-order valence-electron chi connectivity index (χ3n) is 4.05. The van der Waals surface area contributed by atoms with Gasteiger partial charge in [-0.2, -0.15) is 0 Å². The molecule has 9 nitrogen and oxygen atoms in total. The standard InChI is InChI=1S/C20H17N3O6/c1-3-28-19(24)13-8-14(10-15(9-13)23(26)27)20(25)29-11-18-21-12(2)16-6-4-5-7-17(16)22-18/h4-10H,3,11H2,1-2H3. The van der Waals surface area contributed by atoms with Gasteiger partial charge in [-0.25, -0.2) is 19.6 Å². The molecule has 0 unspecified atom stereocenters. The third kappa shape index (κ3) is 4.52. The van der Waals surface area contributed by atoms with Crippen molar-refractivity contribution in [2.24, 2.45) is 0 Å². The SMILES string of the molecule is CCOC(=O)c1cc(C(=O)OCc2nc(C)c3ccccc3n2)cc([N+](=O)[O-])c1. The lowest BCUT2D eigenvalue weighted by molar-refractivity contribution is -0.384. The first kappa shape index (κ1) is 19.9. The minimum Gasteiger partial charge on any atom is -0.462 e. The highest BCUT2D eigenvalue weighted by atomic mass is 16.6. The van der Waals surface area contributed by atoms with Crippen LogP contribution < -0.4 is 0 Å². The number of rotatable bonds is 6. The molecule has 0 saturated carbocycles. The Morgan fingerprint density at radius 3 is 2.34 bits per heavy atom. The highest BCUT2D eigenvalue weighted by Crippen LogP contribution is 2.20. The van der Waals surface area contributed by atoms with Gasteiger partial charge < -0.3 is 9.47 Å². The molecule has 0 radical (unpaired) electrons. The van der Waals surface area contributed by atoms with Crippen molar-refractivity contribution < 1.29 is 24.0 Å². The molecule has 0 atom stereocenters. The van der Waals surface area contributed by atoms with Gasteiger partial charge in [0.15, 0.2) is 12.4 Å². The summed E-state index contributed by atoms with van der Waals surface area (Å²) in [5, 5.41) is 12.0. The Labute approximate surface area is 165 Å². The van der Waals surface area contributed by atoms with Gasteiger partial charge in [-0.3, -0.25) is 10.1 Å². The summed E-state index contributed by atoms with van der Waals surface area (Å²) in [6.07, 6.45) is 0. The largest absolute Gasteiger partial charge is 0.462 e. The molecule has 1 heterocycles. The van der Waals surface area contributed by atoms with Gasteiger partial charge in [-0.1, -0.05) is 18.2 Å². The molecule has 0 saturated heterocycles. The molecule has 148 valence electrons. The second-order valence-corrected chi connectivity index (χ2v) is 6.06. The van der Waals surface area contributed by atoms with E-state index in [1.54, 1.807) is 6.92 Å². The summed E-state index contributed by atoms with van der Waals surface area (Å²) < 4.78 is 10.1. The van der Waals surface area contributed by atoms with Crippen LogP contribution in [0.2, 0.25) is 0 Å². The first-order valence-corrected chi connectivity index (χ1v) is 8.75. The average molecular weight is 395 g/mol. The molecule has 9 heteroatoms. The Hall–Kier alpha value is -3.88. The van der Waals surface area contributed by atoms with Crippen molar-refractivity contribution in [1.29, 1.82) is 0 Å². The van der Waals surface area contributed by atoms with Crippen LogP contribution in [0.25, 0.3) is 10.9 Å². The van der Waals surface area contributed by atoms with Gasteiger partial charge in [0.2, 0.25) is 0 Å². The summed E-state index contributed by atoms with van der Waals surface area (Å²) in [5.74, 6) is -1.31. The number of nitrogens with zero attached hydrogens (tertiary/aromatic N) is 3. The maximum Gasteiger partial charge on any atom is 0.338 e. The van der Waals surface area contributed by atoms with E-state index in [1.807, 2.05) is 31.2 Å². The number of esters is 2. The lowest BCUT2D eigenvalue weighted by Gasteiger charge is -2.08. The van der Waals surface area contributed by atoms with Crippen molar-refractivity contribution in [3.63, 3.8) is 0 Å². The Morgan fingerprint density at radius 1 is 1.03 bits per heavy atom. The number of benzene rings is 2. The van der Waals surface area contributed by atoms with Crippen molar-refractivity contribution >= 4 is 28.5 Å². The molecule has 0 amide bonds. The zero-order valence-electron chi connectivity index (χ0n) is 15.7. The lowest BCUT2D eigenvalue weighted by atomic mass is 10.1. The molecule has 0 spiro atoms. The number of fused-ring (bicyclic) bond motifs is 1. The van der Waals surface area contributed by atoms with Crippen LogP contribution in [0, 0.1) is 17.0 Å². The van der Waals surface area contributed by atoms with Gasteiger partial charge in [0.05, 0.1) is 28.2 Å². The number of non-ortho nitro benzene ring substituents is 1. The van der Waals surface area contributed by atoms with Crippen LogP contribution in [0.1, 0.15) is 39.2 Å². The predicted octanol–water partition coefficient (Wildman–Crippen LogP) is 3.38. The fourth-order valence-electron chi connectivity index (χ4n) is 2.74. The van der Waals surface area contributed by atoms with Crippen LogP contribution in [0.15, 0.2) is 42.5 Å². The Morgan fingerprint density at radius 2 is 1.69 bits per heavy atom. The predicted molar refractivity (Wildman–Crippen MR) is 102 cm³/mol. The number of nitro groups is 1. The summed E-state index contributed by atoms with van der Waals surface area (Å²) in [4.78, 5) is 43.4. The van der Waals surface area contributed by atoms with E-state index >= 15 is 0 Å². The minimum absolute atomic E-state index is 0.0972. The fourth-order valence-corrected chi connectivity index (χ4v) is 2.74. The molecule has 2 aromatic carbocycles. The average Bonchev–Trinajstić information content (AvgIpc) is 2.71. The van der Waals surface area contributed by atoms with Crippen LogP contribution in [-0.4, -0.2) is 33.4 Å². The topological polar surface area (TPSA) is 122 Å². The molecular formula is C20H17N3O6. The third-order valence-corrected chi connectivity index (χ3v) is 4.05. The number of hydrogen-bond acceptors (Lipinski definition) is 8. The number of aromatic nitrogens is 2. The summed E-state index contributed by atoms with van der Waals surface area (Å²) in [5.41, 5.74) is 0.790. The summed E-state index contributed by atoms with van der Waals surface area (Å²) in [6.45, 7) is 3.30. The minimum atomic E-state index is -0.839. The number of carbonyl (C=O) groups is 2. The van der Waals surface area contributed by atoms with E-state index in [-0.39, 0.29) is 24.3 Å². The van der Waals surface area contributed by atoms with Crippen molar-refractivity contribution in [2.45, 2.75) is 20.5 Å². The van der Waals surface area contributed by atoms with Crippen molar-refractivity contribution in [3.05, 3.63) is 75.2 Å². The zero-order valence-corrected chi connectivity index (χ0v) is 15.7. The molecule has 0 aliphatic rings. The van der Waals surface area contributed by atoms with E-state index < -0.39 is 22.5 Å². The quantitative estimate of drug-likeness (QED) is 0.354. The van der Waals surface area contributed by atoms with Gasteiger partial charge in [-0.05, 0) is 26.0 Å². The molecule has 3 aromatic rings. The second kappa shape index (κ2) is 8.42. The maximum atomic E-state index is 12.4. The van der Waals surface area contributed by atoms with Gasteiger partial charge in [0.25, 0.3) is 5.69 Å². The number of aryl methyl sites for hydroxylation is 1. The first-order chi connectivity index (χ1) is 13.9. The van der Waals surface area contributed by atoms with Crippen LogP contribution in [0.5, 0.6) is 0 Å². The van der Waals surface area contributed by atoms with E-state index in [0.717, 1.165) is 23.2 Å². The van der Waals surface area contributed by atoms with Crippen molar-refractivity contribution in [3.8, 4) is 0 Å². The van der Waals surface area contributed by atoms with Crippen LogP contribution in [-0.2, 0) is 16.1 Å². The molecule has 29 heavy (non-hydrogen) atoms. The summed E-state index contributed by atoms with van der Waals surface area (Å²) in [7, 11) is 0. The number of hydrogen-bond donors (Lipinski definition) is 0. The molecule has 0 aliphatic heterocycles. The molecule has 3 rings (SSSR count). The van der Waals surface area contributed by atoms with Gasteiger partial charge in [0, 0.05) is 23.2 Å². The molecule has 0 aliphatic carbocycles. The molecule has 0 fully saturated rings. The molecule has 0 N–H and O–H groups in total. The monoisotopic (exact) mass is 395 g/mol.